The maximum atomic E-state index is 5.54. The summed E-state index contributed by atoms with van der Waals surface area (Å²) in [5.74, 6) is 1.47. The van der Waals surface area contributed by atoms with Gasteiger partial charge in [0.25, 0.3) is 0 Å². The van der Waals surface area contributed by atoms with E-state index >= 15 is 0 Å². The first-order chi connectivity index (χ1) is 9.71. The fourth-order valence-corrected chi connectivity index (χ4v) is 2.35. The van der Waals surface area contributed by atoms with Crippen LogP contribution in [0, 0.1) is 6.92 Å². The second-order valence-electron chi connectivity index (χ2n) is 4.63. The zero-order valence-electron chi connectivity index (χ0n) is 12.4. The van der Waals surface area contributed by atoms with Crippen molar-refractivity contribution in [1.82, 2.24) is 0 Å². The van der Waals surface area contributed by atoms with Crippen LogP contribution in [0.4, 0.5) is 0 Å². The molecular weight excluding hydrogens is 252 g/mol. The average Bonchev–Trinajstić information content (AvgIpc) is 2.47. The quantitative estimate of drug-likeness (QED) is 0.828. The van der Waals surface area contributed by atoms with Crippen LogP contribution in [0.25, 0.3) is 11.1 Å². The van der Waals surface area contributed by atoms with Crippen molar-refractivity contribution in [3.63, 3.8) is 0 Å². The zero-order valence-corrected chi connectivity index (χ0v) is 12.4. The molecule has 2 aromatic rings. The molecule has 2 aromatic carbocycles. The Hall–Kier alpha value is -2.00. The lowest BCUT2D eigenvalue weighted by molar-refractivity contribution is 0.184. The lowest BCUT2D eigenvalue weighted by Crippen LogP contribution is -1.98. The highest BCUT2D eigenvalue weighted by molar-refractivity contribution is 5.77. The largest absolute Gasteiger partial charge is 0.493 e. The molecule has 0 heterocycles. The molecule has 106 valence electrons. The van der Waals surface area contributed by atoms with E-state index in [0.29, 0.717) is 6.61 Å². The second-order valence-corrected chi connectivity index (χ2v) is 4.63. The standard InChI is InChI=1S/C17H20O3/c1-12-7-5-6-8-14(12)15-9-13(11-18-2)10-16(19-3)17(15)20-4/h5-10H,11H2,1-4H3. The van der Waals surface area contributed by atoms with Crippen LogP contribution in [0.1, 0.15) is 11.1 Å². The van der Waals surface area contributed by atoms with Gasteiger partial charge in [-0.2, -0.15) is 0 Å². The lowest BCUT2D eigenvalue weighted by Gasteiger charge is -2.16. The molecule has 0 aliphatic rings. The van der Waals surface area contributed by atoms with Crippen molar-refractivity contribution in [2.75, 3.05) is 21.3 Å². The van der Waals surface area contributed by atoms with Crippen molar-refractivity contribution in [2.24, 2.45) is 0 Å². The number of hydrogen-bond acceptors (Lipinski definition) is 3. The van der Waals surface area contributed by atoms with Crippen molar-refractivity contribution in [3.05, 3.63) is 47.5 Å². The van der Waals surface area contributed by atoms with Crippen molar-refractivity contribution >= 4 is 0 Å². The Bertz CT molecular complexity index is 591. The fraction of sp³-hybridized carbons (Fsp3) is 0.294. The first-order valence-electron chi connectivity index (χ1n) is 6.51. The topological polar surface area (TPSA) is 27.7 Å². The Morgan fingerprint density at radius 3 is 2.25 bits per heavy atom. The van der Waals surface area contributed by atoms with Crippen LogP contribution >= 0.6 is 0 Å². The Kier molecular flexibility index (Phi) is 4.64. The minimum absolute atomic E-state index is 0.541. The molecule has 0 aliphatic carbocycles. The number of ether oxygens (including phenoxy) is 3. The van der Waals surface area contributed by atoms with Gasteiger partial charge >= 0.3 is 0 Å². The minimum Gasteiger partial charge on any atom is -0.493 e. The van der Waals surface area contributed by atoms with Gasteiger partial charge in [-0.1, -0.05) is 24.3 Å². The van der Waals surface area contributed by atoms with Gasteiger partial charge in [0.15, 0.2) is 11.5 Å². The minimum atomic E-state index is 0.541. The maximum absolute atomic E-state index is 5.54. The molecule has 0 atom stereocenters. The van der Waals surface area contributed by atoms with Gasteiger partial charge in [0.05, 0.1) is 20.8 Å². The van der Waals surface area contributed by atoms with Crippen molar-refractivity contribution in [1.29, 1.82) is 0 Å². The molecule has 0 aliphatic heterocycles. The molecule has 0 radical (unpaired) electrons. The summed E-state index contributed by atoms with van der Waals surface area (Å²) in [5, 5.41) is 0. The highest BCUT2D eigenvalue weighted by Crippen LogP contribution is 2.40. The predicted octanol–water partition coefficient (Wildman–Crippen LogP) is 3.83. The zero-order chi connectivity index (χ0) is 14.5. The third-order valence-corrected chi connectivity index (χ3v) is 3.28. The Labute approximate surface area is 120 Å². The first-order valence-corrected chi connectivity index (χ1v) is 6.51. The normalized spacial score (nSPS) is 10.4. The van der Waals surface area contributed by atoms with E-state index in [1.54, 1.807) is 21.3 Å². The Morgan fingerprint density at radius 1 is 0.900 bits per heavy atom. The Morgan fingerprint density at radius 2 is 1.65 bits per heavy atom. The van der Waals surface area contributed by atoms with Crippen LogP contribution in [0.15, 0.2) is 36.4 Å². The predicted molar refractivity (Wildman–Crippen MR) is 80.4 cm³/mol. The molecule has 0 bridgehead atoms. The molecule has 20 heavy (non-hydrogen) atoms. The van der Waals surface area contributed by atoms with E-state index in [9.17, 15) is 0 Å². The van der Waals surface area contributed by atoms with Crippen LogP contribution < -0.4 is 9.47 Å². The summed E-state index contributed by atoms with van der Waals surface area (Å²) in [4.78, 5) is 0. The summed E-state index contributed by atoms with van der Waals surface area (Å²) < 4.78 is 16.2. The van der Waals surface area contributed by atoms with Gasteiger partial charge < -0.3 is 14.2 Å². The van der Waals surface area contributed by atoms with Crippen LogP contribution in [0.5, 0.6) is 11.5 Å². The van der Waals surface area contributed by atoms with Crippen LogP contribution in [0.3, 0.4) is 0 Å². The van der Waals surface area contributed by atoms with E-state index in [0.717, 1.165) is 28.2 Å². The number of aryl methyl sites for hydroxylation is 1. The van der Waals surface area contributed by atoms with E-state index in [2.05, 4.69) is 25.1 Å². The maximum Gasteiger partial charge on any atom is 0.168 e. The highest BCUT2D eigenvalue weighted by Gasteiger charge is 2.15. The molecule has 0 aromatic heterocycles. The number of rotatable bonds is 5. The molecule has 0 amide bonds. The third kappa shape index (κ3) is 2.78. The molecule has 2 rings (SSSR count). The summed E-state index contributed by atoms with van der Waals surface area (Å²) in [6, 6.07) is 12.3. The SMILES string of the molecule is COCc1cc(OC)c(OC)c(-c2ccccc2C)c1. The number of hydrogen-bond donors (Lipinski definition) is 0. The summed E-state index contributed by atoms with van der Waals surface area (Å²) in [7, 11) is 5.00. The van der Waals surface area contributed by atoms with Crippen molar-refractivity contribution in [3.8, 4) is 22.6 Å². The van der Waals surface area contributed by atoms with Gasteiger partial charge in [-0.3, -0.25) is 0 Å². The fourth-order valence-electron chi connectivity index (χ4n) is 2.35. The molecule has 0 saturated heterocycles. The monoisotopic (exact) mass is 272 g/mol. The van der Waals surface area contributed by atoms with Crippen molar-refractivity contribution < 1.29 is 14.2 Å². The van der Waals surface area contributed by atoms with E-state index in [-0.39, 0.29) is 0 Å². The van der Waals surface area contributed by atoms with E-state index in [1.807, 2.05) is 18.2 Å². The summed E-state index contributed by atoms with van der Waals surface area (Å²) >= 11 is 0. The van der Waals surface area contributed by atoms with Crippen LogP contribution in [-0.2, 0) is 11.3 Å². The van der Waals surface area contributed by atoms with Crippen LogP contribution in [0.2, 0.25) is 0 Å². The molecule has 0 fully saturated rings. The summed E-state index contributed by atoms with van der Waals surface area (Å²) in [5.41, 5.74) is 4.42. The lowest BCUT2D eigenvalue weighted by atomic mass is 9.97. The molecule has 0 spiro atoms. The molecule has 0 N–H and O–H groups in total. The Balaban J connectivity index is 2.66. The summed E-state index contributed by atoms with van der Waals surface area (Å²) in [6.45, 7) is 2.63. The van der Waals surface area contributed by atoms with E-state index in [4.69, 9.17) is 14.2 Å². The van der Waals surface area contributed by atoms with Gasteiger partial charge in [0.1, 0.15) is 0 Å². The highest BCUT2D eigenvalue weighted by atomic mass is 16.5. The molecule has 0 saturated carbocycles. The summed E-state index contributed by atoms with van der Waals surface area (Å²) in [6.07, 6.45) is 0. The van der Waals surface area contributed by atoms with Crippen molar-refractivity contribution in [2.45, 2.75) is 13.5 Å². The van der Waals surface area contributed by atoms with Gasteiger partial charge in [-0.25, -0.2) is 0 Å². The van der Waals surface area contributed by atoms with Gasteiger partial charge in [0.2, 0.25) is 0 Å². The molecule has 0 unspecified atom stereocenters. The molecular formula is C17H20O3. The second kappa shape index (κ2) is 6.44. The molecule has 3 heteroatoms. The third-order valence-electron chi connectivity index (χ3n) is 3.28. The molecule has 3 nitrogen and oxygen atoms in total. The van der Waals surface area contributed by atoms with E-state index in [1.165, 1.54) is 5.56 Å². The average molecular weight is 272 g/mol. The van der Waals surface area contributed by atoms with Crippen LogP contribution in [-0.4, -0.2) is 21.3 Å². The smallest absolute Gasteiger partial charge is 0.168 e. The number of methoxy groups -OCH3 is 3. The van der Waals surface area contributed by atoms with Gasteiger partial charge in [-0.15, -0.1) is 0 Å². The number of benzene rings is 2. The first kappa shape index (κ1) is 14.4. The van der Waals surface area contributed by atoms with E-state index < -0.39 is 0 Å². The van der Waals surface area contributed by atoms with Gasteiger partial charge in [-0.05, 0) is 35.7 Å². The van der Waals surface area contributed by atoms with Gasteiger partial charge in [0, 0.05) is 12.7 Å².